The molecule has 4 aromatic rings. The molecule has 0 aliphatic rings. The van der Waals surface area contributed by atoms with Gasteiger partial charge in [-0.1, -0.05) is 18.2 Å². The van der Waals surface area contributed by atoms with E-state index < -0.39 is 0 Å². The Bertz CT molecular complexity index is 1030. The quantitative estimate of drug-likeness (QED) is 0.623. The standard InChI is InChI=1S/C18H16N6O/c1-13-10-17(24(22-13)16-8-4-5-9-19-16)21-18(25)11-23-12-20-14-6-2-3-7-15(14)23/h2-10,12H,11H2,1H3,(H,21,25). The number of aryl methyl sites for hydroxylation is 1. The molecule has 1 N–H and O–H groups in total. The molecule has 7 heteroatoms. The number of nitrogens with one attached hydrogen (secondary N) is 1. The molecule has 0 bridgehead atoms. The monoisotopic (exact) mass is 332 g/mol. The summed E-state index contributed by atoms with van der Waals surface area (Å²) in [6, 6.07) is 15.1. The number of rotatable bonds is 4. The maximum atomic E-state index is 12.5. The van der Waals surface area contributed by atoms with Gasteiger partial charge in [0.05, 0.1) is 23.1 Å². The predicted octanol–water partition coefficient (Wildman–Crippen LogP) is 2.56. The van der Waals surface area contributed by atoms with Crippen molar-refractivity contribution in [2.75, 3.05) is 5.32 Å². The highest BCUT2D eigenvalue weighted by Crippen LogP contribution is 2.16. The zero-order valence-electron chi connectivity index (χ0n) is 13.6. The van der Waals surface area contributed by atoms with Crippen molar-refractivity contribution in [1.82, 2.24) is 24.3 Å². The molecule has 4 rings (SSSR count). The molecular formula is C18H16N6O. The molecule has 7 nitrogen and oxygen atoms in total. The Hall–Kier alpha value is -3.48. The molecule has 0 atom stereocenters. The first kappa shape index (κ1) is 15.1. The SMILES string of the molecule is Cc1cc(NC(=O)Cn2cnc3ccccc32)n(-c2ccccn2)n1. The Morgan fingerprint density at radius 1 is 1.12 bits per heavy atom. The predicted molar refractivity (Wildman–Crippen MR) is 94.5 cm³/mol. The van der Waals surface area contributed by atoms with E-state index in [4.69, 9.17) is 0 Å². The van der Waals surface area contributed by atoms with Crippen LogP contribution in [0.5, 0.6) is 0 Å². The fourth-order valence-electron chi connectivity index (χ4n) is 2.72. The van der Waals surface area contributed by atoms with Gasteiger partial charge in [0.1, 0.15) is 12.4 Å². The lowest BCUT2D eigenvalue weighted by Crippen LogP contribution is -2.20. The third kappa shape index (κ3) is 2.99. The van der Waals surface area contributed by atoms with Crippen LogP contribution >= 0.6 is 0 Å². The van der Waals surface area contributed by atoms with Gasteiger partial charge in [-0.15, -0.1) is 0 Å². The molecule has 0 aliphatic heterocycles. The lowest BCUT2D eigenvalue weighted by molar-refractivity contribution is -0.116. The number of carbonyl (C=O) groups excluding carboxylic acids is 1. The minimum atomic E-state index is -0.153. The Labute approximate surface area is 143 Å². The van der Waals surface area contributed by atoms with Crippen molar-refractivity contribution >= 4 is 22.8 Å². The second kappa shape index (κ2) is 6.20. The van der Waals surface area contributed by atoms with Gasteiger partial charge in [0, 0.05) is 12.3 Å². The number of amides is 1. The average molecular weight is 332 g/mol. The Morgan fingerprint density at radius 3 is 2.80 bits per heavy atom. The maximum Gasteiger partial charge on any atom is 0.245 e. The highest BCUT2D eigenvalue weighted by molar-refractivity contribution is 5.91. The molecule has 0 fully saturated rings. The van der Waals surface area contributed by atoms with Gasteiger partial charge in [-0.3, -0.25) is 4.79 Å². The second-order valence-corrected chi connectivity index (χ2v) is 5.68. The summed E-state index contributed by atoms with van der Waals surface area (Å²) in [6.07, 6.45) is 3.36. The summed E-state index contributed by atoms with van der Waals surface area (Å²) in [5, 5.41) is 7.31. The molecule has 0 spiro atoms. The van der Waals surface area contributed by atoms with E-state index in [0.717, 1.165) is 16.7 Å². The summed E-state index contributed by atoms with van der Waals surface area (Å²) in [5.74, 6) is 1.09. The van der Waals surface area contributed by atoms with Crippen LogP contribution in [0.3, 0.4) is 0 Å². The van der Waals surface area contributed by atoms with E-state index in [1.165, 1.54) is 0 Å². The number of hydrogen-bond acceptors (Lipinski definition) is 4. The van der Waals surface area contributed by atoms with Crippen molar-refractivity contribution < 1.29 is 4.79 Å². The summed E-state index contributed by atoms with van der Waals surface area (Å²) in [4.78, 5) is 21.1. The van der Waals surface area contributed by atoms with Crippen molar-refractivity contribution in [3.8, 4) is 5.82 Å². The number of anilines is 1. The molecule has 0 saturated carbocycles. The lowest BCUT2D eigenvalue weighted by Gasteiger charge is -2.09. The zero-order valence-corrected chi connectivity index (χ0v) is 13.6. The van der Waals surface area contributed by atoms with Gasteiger partial charge < -0.3 is 9.88 Å². The molecule has 3 heterocycles. The second-order valence-electron chi connectivity index (χ2n) is 5.68. The molecule has 124 valence electrons. The minimum Gasteiger partial charge on any atom is -0.321 e. The summed E-state index contributed by atoms with van der Waals surface area (Å²) in [5.41, 5.74) is 2.59. The van der Waals surface area contributed by atoms with Crippen LogP contribution < -0.4 is 5.32 Å². The van der Waals surface area contributed by atoms with Crippen molar-refractivity contribution in [2.24, 2.45) is 0 Å². The fourth-order valence-corrected chi connectivity index (χ4v) is 2.72. The van der Waals surface area contributed by atoms with Crippen LogP contribution in [0.25, 0.3) is 16.9 Å². The summed E-state index contributed by atoms with van der Waals surface area (Å²) in [6.45, 7) is 2.05. The molecule has 0 radical (unpaired) electrons. The van der Waals surface area contributed by atoms with E-state index in [1.807, 2.05) is 60.0 Å². The number of hydrogen-bond donors (Lipinski definition) is 1. The van der Waals surface area contributed by atoms with Gasteiger partial charge in [-0.05, 0) is 31.2 Å². The lowest BCUT2D eigenvalue weighted by atomic mass is 10.3. The van der Waals surface area contributed by atoms with Gasteiger partial charge in [-0.2, -0.15) is 9.78 Å². The molecule has 1 amide bonds. The van der Waals surface area contributed by atoms with E-state index in [9.17, 15) is 4.79 Å². The van der Waals surface area contributed by atoms with Crippen LogP contribution in [0.1, 0.15) is 5.69 Å². The van der Waals surface area contributed by atoms with Crippen LogP contribution in [0, 0.1) is 6.92 Å². The van der Waals surface area contributed by atoms with Gasteiger partial charge >= 0.3 is 0 Å². The van der Waals surface area contributed by atoms with Crippen LogP contribution in [0.15, 0.2) is 61.1 Å². The largest absolute Gasteiger partial charge is 0.321 e. The molecule has 1 aromatic carbocycles. The van der Waals surface area contributed by atoms with Crippen molar-refractivity contribution in [2.45, 2.75) is 13.5 Å². The number of aromatic nitrogens is 5. The first-order chi connectivity index (χ1) is 12.2. The number of fused-ring (bicyclic) bond motifs is 1. The van der Waals surface area contributed by atoms with E-state index in [-0.39, 0.29) is 12.5 Å². The number of benzene rings is 1. The maximum absolute atomic E-state index is 12.5. The van der Waals surface area contributed by atoms with Crippen LogP contribution in [0.4, 0.5) is 5.82 Å². The van der Waals surface area contributed by atoms with E-state index >= 15 is 0 Å². The average Bonchev–Trinajstić information content (AvgIpc) is 3.19. The number of pyridine rings is 1. The highest BCUT2D eigenvalue weighted by Gasteiger charge is 2.13. The van der Waals surface area contributed by atoms with Crippen LogP contribution in [-0.4, -0.2) is 30.2 Å². The minimum absolute atomic E-state index is 0.153. The van der Waals surface area contributed by atoms with Gasteiger partial charge in [0.2, 0.25) is 5.91 Å². The molecule has 25 heavy (non-hydrogen) atoms. The van der Waals surface area contributed by atoms with Crippen molar-refractivity contribution in [3.05, 3.63) is 66.7 Å². The summed E-state index contributed by atoms with van der Waals surface area (Å²) in [7, 11) is 0. The highest BCUT2D eigenvalue weighted by atomic mass is 16.2. The van der Waals surface area contributed by atoms with Crippen molar-refractivity contribution in [3.63, 3.8) is 0 Å². The van der Waals surface area contributed by atoms with Gasteiger partial charge in [0.15, 0.2) is 5.82 Å². The number of carbonyl (C=O) groups is 1. The molecule has 0 unspecified atom stereocenters. The molecule has 3 aromatic heterocycles. The number of para-hydroxylation sites is 2. The topological polar surface area (TPSA) is 77.6 Å². The van der Waals surface area contributed by atoms with Crippen molar-refractivity contribution in [1.29, 1.82) is 0 Å². The van der Waals surface area contributed by atoms with Gasteiger partial charge in [-0.25, -0.2) is 9.97 Å². The normalized spacial score (nSPS) is 10.9. The smallest absolute Gasteiger partial charge is 0.245 e. The third-order valence-corrected chi connectivity index (χ3v) is 3.81. The number of imidazole rings is 1. The zero-order chi connectivity index (χ0) is 17.2. The molecular weight excluding hydrogens is 316 g/mol. The fraction of sp³-hybridized carbons (Fsp3) is 0.111. The number of nitrogens with zero attached hydrogens (tertiary/aromatic N) is 5. The van der Waals surface area contributed by atoms with Gasteiger partial charge in [0.25, 0.3) is 0 Å². The Balaban J connectivity index is 1.57. The Morgan fingerprint density at radius 2 is 1.96 bits per heavy atom. The Kier molecular flexibility index (Phi) is 3.74. The molecule has 0 aliphatic carbocycles. The van der Waals surface area contributed by atoms with Crippen LogP contribution in [0.2, 0.25) is 0 Å². The van der Waals surface area contributed by atoms with Crippen LogP contribution in [-0.2, 0) is 11.3 Å². The van der Waals surface area contributed by atoms with E-state index in [2.05, 4.69) is 20.4 Å². The first-order valence-electron chi connectivity index (χ1n) is 7.88. The first-order valence-corrected chi connectivity index (χ1v) is 7.88. The van der Waals surface area contributed by atoms with E-state index in [0.29, 0.717) is 11.6 Å². The summed E-state index contributed by atoms with van der Waals surface area (Å²) < 4.78 is 3.44. The summed E-state index contributed by atoms with van der Waals surface area (Å²) >= 11 is 0. The third-order valence-electron chi connectivity index (χ3n) is 3.81. The molecule has 0 saturated heterocycles. The van der Waals surface area contributed by atoms with E-state index in [1.54, 1.807) is 17.2 Å².